The molecule has 0 saturated heterocycles. The Morgan fingerprint density at radius 3 is 2.66 bits per heavy atom. The number of hydrogen-bond donors (Lipinski definition) is 2. The molecule has 0 aliphatic heterocycles. The van der Waals surface area contributed by atoms with Crippen LogP contribution in [0.1, 0.15) is 72.3 Å². The summed E-state index contributed by atoms with van der Waals surface area (Å²) in [5.74, 6) is 0.904. The minimum absolute atomic E-state index is 0.0605. The van der Waals surface area contributed by atoms with Crippen molar-refractivity contribution in [1.29, 1.82) is 0 Å². The van der Waals surface area contributed by atoms with E-state index >= 15 is 0 Å². The second-order valence-corrected chi connectivity index (χ2v) is 7.97. The minimum atomic E-state index is -0.0605. The van der Waals surface area contributed by atoms with Gasteiger partial charge in [0.25, 0.3) is 0 Å². The highest BCUT2D eigenvalue weighted by Crippen LogP contribution is 2.31. The molecular formula is C23H30N6. The molecule has 1 fully saturated rings. The van der Waals surface area contributed by atoms with Gasteiger partial charge in [0.2, 0.25) is 0 Å². The van der Waals surface area contributed by atoms with Crippen LogP contribution in [0.5, 0.6) is 0 Å². The van der Waals surface area contributed by atoms with E-state index in [0.29, 0.717) is 12.6 Å². The fourth-order valence-corrected chi connectivity index (χ4v) is 4.31. The van der Waals surface area contributed by atoms with E-state index in [-0.39, 0.29) is 6.04 Å². The van der Waals surface area contributed by atoms with Gasteiger partial charge in [-0.15, -0.1) is 5.10 Å². The zero-order valence-electron chi connectivity index (χ0n) is 17.1. The van der Waals surface area contributed by atoms with E-state index in [2.05, 4.69) is 81.0 Å². The second-order valence-electron chi connectivity index (χ2n) is 7.97. The first kappa shape index (κ1) is 19.7. The van der Waals surface area contributed by atoms with E-state index in [9.17, 15) is 0 Å². The molecule has 4 rings (SSSR count). The maximum absolute atomic E-state index is 5.81. The summed E-state index contributed by atoms with van der Waals surface area (Å²) in [4.78, 5) is 0. The molecule has 1 aromatic heterocycles. The maximum Gasteiger partial charge on any atom is 0.173 e. The van der Waals surface area contributed by atoms with Crippen molar-refractivity contribution in [3.63, 3.8) is 0 Å². The molecule has 1 atom stereocenters. The van der Waals surface area contributed by atoms with Crippen molar-refractivity contribution in [3.8, 4) is 0 Å². The van der Waals surface area contributed by atoms with Crippen LogP contribution in [0.25, 0.3) is 0 Å². The van der Waals surface area contributed by atoms with Gasteiger partial charge in [0.1, 0.15) is 0 Å². The van der Waals surface area contributed by atoms with E-state index in [1.165, 1.54) is 36.0 Å². The molecule has 1 saturated carbocycles. The third-order valence-electron chi connectivity index (χ3n) is 5.93. The molecule has 1 aliphatic rings. The van der Waals surface area contributed by atoms with Crippen molar-refractivity contribution in [2.24, 2.45) is 5.73 Å². The van der Waals surface area contributed by atoms with Gasteiger partial charge in [-0.3, -0.25) is 5.32 Å². The summed E-state index contributed by atoms with van der Waals surface area (Å²) in [6.07, 6.45) is 6.11. The quantitative estimate of drug-likeness (QED) is 0.641. The Bertz CT molecular complexity index is 928. The van der Waals surface area contributed by atoms with Crippen LogP contribution in [0.15, 0.2) is 48.5 Å². The van der Waals surface area contributed by atoms with Crippen LogP contribution in [-0.2, 0) is 13.1 Å². The summed E-state index contributed by atoms with van der Waals surface area (Å²) in [6.45, 7) is 3.42. The fourth-order valence-electron chi connectivity index (χ4n) is 4.31. The van der Waals surface area contributed by atoms with Gasteiger partial charge < -0.3 is 5.73 Å². The number of nitrogens with one attached hydrogen (secondary N) is 1. The second kappa shape index (κ2) is 9.29. The maximum atomic E-state index is 5.81. The minimum Gasteiger partial charge on any atom is -0.326 e. The van der Waals surface area contributed by atoms with Crippen molar-refractivity contribution < 1.29 is 0 Å². The van der Waals surface area contributed by atoms with Crippen LogP contribution in [0.3, 0.4) is 0 Å². The summed E-state index contributed by atoms with van der Waals surface area (Å²) in [7, 11) is 0. The van der Waals surface area contributed by atoms with Gasteiger partial charge in [0, 0.05) is 13.1 Å². The Hall–Kier alpha value is -2.57. The average Bonchev–Trinajstić information content (AvgIpc) is 3.25. The third-order valence-corrected chi connectivity index (χ3v) is 5.93. The Morgan fingerprint density at radius 1 is 1.07 bits per heavy atom. The van der Waals surface area contributed by atoms with E-state index in [1.54, 1.807) is 0 Å². The molecule has 1 aliphatic carbocycles. The zero-order valence-corrected chi connectivity index (χ0v) is 17.1. The number of aromatic nitrogens is 4. The number of hydrogen-bond acceptors (Lipinski definition) is 5. The summed E-state index contributed by atoms with van der Waals surface area (Å²) in [5.41, 5.74) is 10.6. The Balaban J connectivity index is 1.65. The largest absolute Gasteiger partial charge is 0.326 e. The average molecular weight is 391 g/mol. The highest BCUT2D eigenvalue weighted by Gasteiger charge is 2.27. The first-order valence-electron chi connectivity index (χ1n) is 10.6. The molecule has 0 bridgehead atoms. The topological polar surface area (TPSA) is 81.7 Å². The number of tetrazole rings is 1. The summed E-state index contributed by atoms with van der Waals surface area (Å²) in [5, 5.41) is 16.7. The van der Waals surface area contributed by atoms with Gasteiger partial charge in [-0.1, -0.05) is 67.8 Å². The molecule has 6 nitrogen and oxygen atoms in total. The van der Waals surface area contributed by atoms with Crippen LogP contribution in [0.2, 0.25) is 0 Å². The van der Waals surface area contributed by atoms with Crippen molar-refractivity contribution in [1.82, 2.24) is 25.5 Å². The molecule has 0 amide bonds. The smallest absolute Gasteiger partial charge is 0.173 e. The molecule has 6 heteroatoms. The highest BCUT2D eigenvalue weighted by atomic mass is 15.6. The predicted molar refractivity (Wildman–Crippen MR) is 114 cm³/mol. The van der Waals surface area contributed by atoms with Crippen molar-refractivity contribution in [2.45, 2.75) is 64.2 Å². The number of benzene rings is 2. The molecule has 2 aromatic carbocycles. The molecule has 3 N–H and O–H groups in total. The number of nitrogens with two attached hydrogens (primary N) is 1. The Morgan fingerprint density at radius 2 is 1.86 bits per heavy atom. The van der Waals surface area contributed by atoms with E-state index in [1.807, 2.05) is 0 Å². The molecule has 0 radical (unpaired) electrons. The standard InChI is InChI=1S/C23H30N6/c1-17-8-5-6-13-21(17)22(25-16-19-10-7-9-18(14-19)15-24)23-26-27-28-29(23)20-11-3-2-4-12-20/h5-10,13-14,20,22,25H,2-4,11-12,15-16,24H2,1H3. The molecule has 29 heavy (non-hydrogen) atoms. The van der Waals surface area contributed by atoms with Crippen LogP contribution in [-0.4, -0.2) is 20.2 Å². The van der Waals surface area contributed by atoms with Gasteiger partial charge >= 0.3 is 0 Å². The van der Waals surface area contributed by atoms with Crippen LogP contribution in [0.4, 0.5) is 0 Å². The number of rotatable bonds is 7. The first-order valence-corrected chi connectivity index (χ1v) is 10.6. The van der Waals surface area contributed by atoms with Gasteiger partial charge in [-0.2, -0.15) is 0 Å². The first-order chi connectivity index (χ1) is 14.3. The molecule has 1 unspecified atom stereocenters. The molecular weight excluding hydrogens is 360 g/mol. The van der Waals surface area contributed by atoms with Crippen molar-refractivity contribution in [3.05, 3.63) is 76.6 Å². The summed E-state index contributed by atoms with van der Waals surface area (Å²) < 4.78 is 2.07. The Labute approximate surface area is 172 Å². The lowest BCUT2D eigenvalue weighted by atomic mass is 9.94. The summed E-state index contributed by atoms with van der Waals surface area (Å²) in [6, 6.07) is 17.2. The number of aryl methyl sites for hydroxylation is 1. The molecule has 0 spiro atoms. The summed E-state index contributed by atoms with van der Waals surface area (Å²) >= 11 is 0. The van der Waals surface area contributed by atoms with E-state index in [0.717, 1.165) is 30.8 Å². The highest BCUT2D eigenvalue weighted by molar-refractivity contribution is 5.33. The van der Waals surface area contributed by atoms with Crippen molar-refractivity contribution in [2.75, 3.05) is 0 Å². The lowest BCUT2D eigenvalue weighted by Crippen LogP contribution is -2.28. The SMILES string of the molecule is Cc1ccccc1C(NCc1cccc(CN)c1)c1nnnn1C1CCCCC1. The molecule has 3 aromatic rings. The van der Waals surface area contributed by atoms with Crippen LogP contribution < -0.4 is 11.1 Å². The van der Waals surface area contributed by atoms with Crippen LogP contribution >= 0.6 is 0 Å². The molecule has 152 valence electrons. The van der Waals surface area contributed by atoms with Gasteiger partial charge in [-0.25, -0.2) is 4.68 Å². The fraction of sp³-hybridized carbons (Fsp3) is 0.435. The van der Waals surface area contributed by atoms with E-state index < -0.39 is 0 Å². The van der Waals surface area contributed by atoms with Gasteiger partial charge in [0.15, 0.2) is 5.82 Å². The Kier molecular flexibility index (Phi) is 6.32. The van der Waals surface area contributed by atoms with Crippen molar-refractivity contribution >= 4 is 0 Å². The zero-order chi connectivity index (χ0) is 20.1. The van der Waals surface area contributed by atoms with Gasteiger partial charge in [0.05, 0.1) is 12.1 Å². The normalized spacial score (nSPS) is 16.1. The lowest BCUT2D eigenvalue weighted by Gasteiger charge is -2.26. The molecule has 1 heterocycles. The van der Waals surface area contributed by atoms with Crippen LogP contribution in [0, 0.1) is 6.92 Å². The lowest BCUT2D eigenvalue weighted by molar-refractivity contribution is 0.310. The van der Waals surface area contributed by atoms with E-state index in [4.69, 9.17) is 5.73 Å². The predicted octanol–water partition coefficient (Wildman–Crippen LogP) is 3.82. The third kappa shape index (κ3) is 4.54. The van der Waals surface area contributed by atoms with Gasteiger partial charge in [-0.05, 0) is 52.4 Å². The monoisotopic (exact) mass is 390 g/mol. The number of nitrogens with zero attached hydrogens (tertiary/aromatic N) is 4.